The van der Waals surface area contributed by atoms with Gasteiger partial charge in [-0.15, -0.1) is 0 Å². The Hall–Kier alpha value is -2.70. The fraction of sp³-hybridized carbons (Fsp3) is 0.250. The van der Waals surface area contributed by atoms with Crippen molar-refractivity contribution in [2.45, 2.75) is 26.4 Å². The van der Waals surface area contributed by atoms with Crippen LogP contribution in [0.4, 0.5) is 8.78 Å². The monoisotopic (exact) mass is 322 g/mol. The summed E-state index contributed by atoms with van der Waals surface area (Å²) in [6.45, 7) is 5.19. The summed E-state index contributed by atoms with van der Waals surface area (Å²) in [4.78, 5) is 5.29. The first-order chi connectivity index (χ1) is 10.7. The number of rotatable bonds is 3. The Morgan fingerprint density at radius 3 is 2.48 bits per heavy atom. The first-order valence-electron chi connectivity index (χ1n) is 6.82. The quantitative estimate of drug-likeness (QED) is 0.409. The van der Waals surface area contributed by atoms with Crippen LogP contribution in [0.1, 0.15) is 32.0 Å². The lowest BCUT2D eigenvalue weighted by Gasteiger charge is -2.17. The molecule has 0 unspecified atom stereocenters. The second kappa shape index (κ2) is 6.20. The highest BCUT2D eigenvalue weighted by atomic mass is 19.2. The number of phenols is 1. The third-order valence-corrected chi connectivity index (χ3v) is 2.77. The molecule has 0 saturated carbocycles. The van der Waals surface area contributed by atoms with Gasteiger partial charge in [-0.1, -0.05) is 5.16 Å². The van der Waals surface area contributed by atoms with Crippen LogP contribution >= 0.6 is 0 Å². The van der Waals surface area contributed by atoms with Crippen molar-refractivity contribution in [2.75, 3.05) is 0 Å². The van der Waals surface area contributed by atoms with Crippen molar-refractivity contribution in [2.24, 2.45) is 5.16 Å². The molecule has 0 radical (unpaired) electrons. The largest absolute Gasteiger partial charge is 0.618 e. The molecule has 5 nitrogen and oxygen atoms in total. The van der Waals surface area contributed by atoms with Crippen LogP contribution in [0.5, 0.6) is 5.75 Å². The van der Waals surface area contributed by atoms with Gasteiger partial charge in [0.1, 0.15) is 11.4 Å². The van der Waals surface area contributed by atoms with Crippen LogP contribution in [-0.2, 0) is 4.84 Å². The standard InChI is InChI=1S/C16H16F2N2O3/c1-16(2,3)23-19-15(13-6-4-5-7-20(13)22)10-8-11(17)12(18)9-14(10)21/h4-9,21H,1-3H3/b19-15-. The number of halogens is 2. The van der Waals surface area contributed by atoms with Gasteiger partial charge in [-0.2, -0.15) is 4.73 Å². The van der Waals surface area contributed by atoms with E-state index in [2.05, 4.69) is 5.16 Å². The van der Waals surface area contributed by atoms with E-state index in [0.717, 1.165) is 6.07 Å². The molecular weight excluding hydrogens is 306 g/mol. The number of oxime groups is 1. The van der Waals surface area contributed by atoms with E-state index >= 15 is 0 Å². The zero-order valence-corrected chi connectivity index (χ0v) is 12.9. The normalized spacial score (nSPS) is 12.3. The Morgan fingerprint density at radius 2 is 1.87 bits per heavy atom. The summed E-state index contributed by atoms with van der Waals surface area (Å²) < 4.78 is 27.2. The van der Waals surface area contributed by atoms with Gasteiger partial charge in [0.2, 0.25) is 5.69 Å². The number of hydrogen-bond donors (Lipinski definition) is 1. The van der Waals surface area contributed by atoms with E-state index in [1.165, 1.54) is 18.3 Å². The Labute approximate surface area is 132 Å². The maximum atomic E-state index is 13.5. The van der Waals surface area contributed by atoms with Crippen LogP contribution in [0.15, 0.2) is 41.7 Å². The number of hydrogen-bond acceptors (Lipinski definition) is 4. The molecule has 0 spiro atoms. The van der Waals surface area contributed by atoms with Gasteiger partial charge in [0, 0.05) is 18.2 Å². The van der Waals surface area contributed by atoms with E-state index in [1.54, 1.807) is 26.8 Å². The maximum Gasteiger partial charge on any atom is 0.246 e. The SMILES string of the molecule is CC(C)(C)O/N=C(/c1cc(F)c(F)cc1O)c1cccc[n+]1[O-]. The molecule has 0 amide bonds. The lowest BCUT2D eigenvalue weighted by molar-refractivity contribution is -0.606. The van der Waals surface area contributed by atoms with Gasteiger partial charge >= 0.3 is 0 Å². The molecule has 1 aromatic carbocycles. The third kappa shape index (κ3) is 3.94. The van der Waals surface area contributed by atoms with Gasteiger partial charge in [-0.05, 0) is 32.9 Å². The Morgan fingerprint density at radius 1 is 1.22 bits per heavy atom. The molecular formula is C16H16F2N2O3. The third-order valence-electron chi connectivity index (χ3n) is 2.77. The van der Waals surface area contributed by atoms with Crippen LogP contribution in [-0.4, -0.2) is 16.4 Å². The number of phenolic OH excluding ortho intramolecular Hbond substituents is 1. The van der Waals surface area contributed by atoms with Crippen LogP contribution in [0.3, 0.4) is 0 Å². The lowest BCUT2D eigenvalue weighted by atomic mass is 10.1. The zero-order valence-electron chi connectivity index (χ0n) is 12.9. The molecule has 0 atom stereocenters. The molecule has 1 heterocycles. The second-order valence-corrected chi connectivity index (χ2v) is 5.84. The molecule has 0 aliphatic carbocycles. The van der Waals surface area contributed by atoms with E-state index in [1.807, 2.05) is 0 Å². The van der Waals surface area contributed by atoms with E-state index < -0.39 is 23.0 Å². The van der Waals surface area contributed by atoms with Gasteiger partial charge in [-0.25, -0.2) is 8.78 Å². The average molecular weight is 322 g/mol. The molecule has 0 fully saturated rings. The van der Waals surface area contributed by atoms with Gasteiger partial charge in [0.25, 0.3) is 0 Å². The summed E-state index contributed by atoms with van der Waals surface area (Å²) in [6.07, 6.45) is 1.22. The van der Waals surface area contributed by atoms with Crippen molar-refractivity contribution in [3.63, 3.8) is 0 Å². The lowest BCUT2D eigenvalue weighted by Crippen LogP contribution is -2.35. The minimum absolute atomic E-state index is 0.0260. The summed E-state index contributed by atoms with van der Waals surface area (Å²) in [5.74, 6) is -2.93. The van der Waals surface area contributed by atoms with Crippen LogP contribution in [0.25, 0.3) is 0 Å². The summed E-state index contributed by atoms with van der Waals surface area (Å²) >= 11 is 0. The molecule has 2 aromatic rings. The van der Waals surface area contributed by atoms with Crippen molar-refractivity contribution in [3.05, 3.63) is 64.6 Å². The Bertz CT molecular complexity index is 755. The predicted molar refractivity (Wildman–Crippen MR) is 79.9 cm³/mol. The molecule has 0 saturated heterocycles. The van der Waals surface area contributed by atoms with Crippen molar-refractivity contribution < 1.29 is 23.5 Å². The Balaban J connectivity index is 2.64. The molecule has 0 bridgehead atoms. The molecule has 2 rings (SSSR count). The summed E-state index contributed by atoms with van der Waals surface area (Å²) in [5, 5.41) is 25.7. The van der Waals surface area contributed by atoms with Crippen LogP contribution < -0.4 is 4.73 Å². The van der Waals surface area contributed by atoms with Crippen molar-refractivity contribution >= 4 is 5.71 Å². The number of aromatic nitrogens is 1. The van der Waals surface area contributed by atoms with Gasteiger partial charge in [0.15, 0.2) is 23.5 Å². The van der Waals surface area contributed by atoms with Gasteiger partial charge in [0.05, 0.1) is 5.56 Å². The number of pyridine rings is 1. The molecule has 1 N–H and O–H groups in total. The second-order valence-electron chi connectivity index (χ2n) is 5.84. The van der Waals surface area contributed by atoms with Crippen molar-refractivity contribution in [1.82, 2.24) is 0 Å². The summed E-state index contributed by atoms with van der Waals surface area (Å²) in [6, 6.07) is 5.90. The summed E-state index contributed by atoms with van der Waals surface area (Å²) in [7, 11) is 0. The van der Waals surface area contributed by atoms with Crippen molar-refractivity contribution in [3.8, 4) is 5.75 Å². The van der Waals surface area contributed by atoms with E-state index in [9.17, 15) is 19.1 Å². The van der Waals surface area contributed by atoms with E-state index in [-0.39, 0.29) is 17.0 Å². The van der Waals surface area contributed by atoms with Crippen LogP contribution in [0, 0.1) is 16.8 Å². The maximum absolute atomic E-state index is 13.5. The van der Waals surface area contributed by atoms with Gasteiger partial charge in [-0.3, -0.25) is 0 Å². The minimum atomic E-state index is -1.20. The number of nitrogens with zero attached hydrogens (tertiary/aromatic N) is 2. The zero-order chi connectivity index (χ0) is 17.2. The summed E-state index contributed by atoms with van der Waals surface area (Å²) in [5.41, 5.74) is -0.906. The minimum Gasteiger partial charge on any atom is -0.618 e. The first-order valence-corrected chi connectivity index (χ1v) is 6.82. The fourth-order valence-corrected chi connectivity index (χ4v) is 1.75. The van der Waals surface area contributed by atoms with Crippen LogP contribution in [0.2, 0.25) is 0 Å². The molecule has 7 heteroatoms. The number of benzene rings is 1. The first kappa shape index (κ1) is 16.7. The van der Waals surface area contributed by atoms with E-state index in [0.29, 0.717) is 10.8 Å². The topological polar surface area (TPSA) is 68.8 Å². The van der Waals surface area contributed by atoms with Crippen molar-refractivity contribution in [1.29, 1.82) is 0 Å². The molecule has 122 valence electrons. The Kier molecular flexibility index (Phi) is 4.49. The number of aromatic hydroxyl groups is 1. The van der Waals surface area contributed by atoms with E-state index in [4.69, 9.17) is 4.84 Å². The van der Waals surface area contributed by atoms with Gasteiger partial charge < -0.3 is 15.2 Å². The molecule has 1 aromatic heterocycles. The molecule has 0 aliphatic heterocycles. The molecule has 23 heavy (non-hydrogen) atoms. The predicted octanol–water partition coefficient (Wildman–Crippen LogP) is 2.87. The average Bonchev–Trinajstić information content (AvgIpc) is 2.45. The molecule has 0 aliphatic rings. The highest BCUT2D eigenvalue weighted by Crippen LogP contribution is 2.24. The highest BCUT2D eigenvalue weighted by Gasteiger charge is 2.23. The smallest absolute Gasteiger partial charge is 0.246 e. The highest BCUT2D eigenvalue weighted by molar-refractivity contribution is 6.12. The fourth-order valence-electron chi connectivity index (χ4n) is 1.75.